The molecule has 2 amide bonds. The van der Waals surface area contributed by atoms with Crippen molar-refractivity contribution in [1.29, 1.82) is 0 Å². The Bertz CT molecular complexity index is 1680. The summed E-state index contributed by atoms with van der Waals surface area (Å²) in [4.78, 5) is 35.8. The van der Waals surface area contributed by atoms with Crippen LogP contribution in [-0.2, 0) is 9.53 Å². The second-order valence-corrected chi connectivity index (χ2v) is 10.3. The van der Waals surface area contributed by atoms with E-state index in [1.807, 2.05) is 48.5 Å². The van der Waals surface area contributed by atoms with Crippen LogP contribution in [0.15, 0.2) is 77.9 Å². The lowest BCUT2D eigenvalue weighted by molar-refractivity contribution is -0.117. The Kier molecular flexibility index (Phi) is 6.27. The van der Waals surface area contributed by atoms with Gasteiger partial charge in [-0.25, -0.2) is 9.98 Å². The summed E-state index contributed by atoms with van der Waals surface area (Å²) in [5, 5.41) is 13.3. The van der Waals surface area contributed by atoms with Crippen LogP contribution in [0.2, 0.25) is 0 Å². The van der Waals surface area contributed by atoms with E-state index in [9.17, 15) is 9.59 Å². The third kappa shape index (κ3) is 4.95. The normalized spacial score (nSPS) is 18.4. The number of nitrogens with zero attached hydrogens (tertiary/aromatic N) is 4. The summed E-state index contributed by atoms with van der Waals surface area (Å²) < 4.78 is 22.2. The summed E-state index contributed by atoms with van der Waals surface area (Å²) in [6.45, 7) is 0.863. The van der Waals surface area contributed by atoms with E-state index in [0.29, 0.717) is 36.5 Å². The van der Waals surface area contributed by atoms with Gasteiger partial charge in [0.2, 0.25) is 12.1 Å². The zero-order chi connectivity index (χ0) is 27.9. The molecule has 3 N–H and O–H groups in total. The number of benzodiazepines with no additional fused rings is 1. The lowest BCUT2D eigenvalue weighted by atomic mass is 10.0. The number of carbonyl (C=O) groups is 2. The fourth-order valence-electron chi connectivity index (χ4n) is 4.83. The Morgan fingerprint density at radius 1 is 1.00 bits per heavy atom. The molecule has 2 aromatic carbocycles. The van der Waals surface area contributed by atoms with Gasteiger partial charge < -0.3 is 20.7 Å². The first-order chi connectivity index (χ1) is 20.0. The number of ether oxygens (including phenoxy) is 1. The Morgan fingerprint density at radius 3 is 2.51 bits per heavy atom. The SMILES string of the molecule is O=C(N[C@H]1N=C(c2ccccc2)c2ccccc2NC1=O)c1cn(C2COC2)nc1-c1ccc(NC2CC2)nc1F. The van der Waals surface area contributed by atoms with Gasteiger partial charge in [-0.05, 0) is 31.0 Å². The second-order valence-electron chi connectivity index (χ2n) is 10.3. The van der Waals surface area contributed by atoms with Crippen LogP contribution in [0.25, 0.3) is 11.3 Å². The van der Waals surface area contributed by atoms with Gasteiger partial charge in [0.1, 0.15) is 11.5 Å². The molecule has 41 heavy (non-hydrogen) atoms. The Labute approximate surface area is 234 Å². The first-order valence-electron chi connectivity index (χ1n) is 13.5. The number of carbonyl (C=O) groups excluding carboxylic acids is 2. The van der Waals surface area contributed by atoms with Gasteiger partial charge in [-0.3, -0.25) is 14.3 Å². The average Bonchev–Trinajstić information content (AvgIpc) is 3.69. The maximum atomic E-state index is 15.3. The molecule has 1 saturated carbocycles. The smallest absolute Gasteiger partial charge is 0.269 e. The summed E-state index contributed by atoms with van der Waals surface area (Å²) in [5.41, 5.74) is 2.98. The van der Waals surface area contributed by atoms with Crippen LogP contribution >= 0.6 is 0 Å². The molecule has 10 nitrogen and oxygen atoms in total. The van der Waals surface area contributed by atoms with Gasteiger partial charge in [0, 0.05) is 23.4 Å². The number of amides is 2. The van der Waals surface area contributed by atoms with E-state index < -0.39 is 23.9 Å². The van der Waals surface area contributed by atoms with Crippen LogP contribution < -0.4 is 16.0 Å². The Hall–Kier alpha value is -4.90. The van der Waals surface area contributed by atoms with E-state index >= 15 is 4.39 Å². The molecule has 11 heteroatoms. The van der Waals surface area contributed by atoms with Crippen LogP contribution in [0.3, 0.4) is 0 Å². The molecule has 2 fully saturated rings. The number of hydrogen-bond donors (Lipinski definition) is 3. The summed E-state index contributed by atoms with van der Waals surface area (Å²) in [6.07, 6.45) is 2.36. The monoisotopic (exact) mass is 551 g/mol. The van der Waals surface area contributed by atoms with Crippen molar-refractivity contribution in [3.05, 3.63) is 95.6 Å². The molecule has 2 aromatic heterocycles. The highest BCUT2D eigenvalue weighted by molar-refractivity contribution is 6.20. The van der Waals surface area contributed by atoms with Gasteiger partial charge in [0.05, 0.1) is 41.8 Å². The third-order valence-electron chi connectivity index (χ3n) is 7.27. The van der Waals surface area contributed by atoms with Crippen molar-refractivity contribution in [3.8, 4) is 11.3 Å². The Morgan fingerprint density at radius 2 is 1.78 bits per heavy atom. The molecule has 2 aliphatic heterocycles. The highest BCUT2D eigenvalue weighted by Gasteiger charge is 2.31. The number of nitrogens with one attached hydrogen (secondary N) is 3. The fourth-order valence-corrected chi connectivity index (χ4v) is 4.83. The molecule has 4 aromatic rings. The van der Waals surface area contributed by atoms with Crippen molar-refractivity contribution in [2.75, 3.05) is 23.8 Å². The van der Waals surface area contributed by atoms with Gasteiger partial charge in [-0.15, -0.1) is 0 Å². The molecule has 0 spiro atoms. The lowest BCUT2D eigenvalue weighted by Crippen LogP contribution is -2.42. The van der Waals surface area contributed by atoms with E-state index in [2.05, 4.69) is 26.0 Å². The topological polar surface area (TPSA) is 123 Å². The number of aromatic nitrogens is 3. The van der Waals surface area contributed by atoms with Crippen LogP contribution in [0.1, 0.15) is 40.4 Å². The molecule has 4 heterocycles. The quantitative estimate of drug-likeness (QED) is 0.301. The minimum Gasteiger partial charge on any atom is -0.377 e. The number of benzene rings is 2. The molecule has 1 saturated heterocycles. The van der Waals surface area contributed by atoms with Gasteiger partial charge >= 0.3 is 0 Å². The minimum absolute atomic E-state index is 0.0829. The van der Waals surface area contributed by atoms with Crippen molar-refractivity contribution < 1.29 is 18.7 Å². The van der Waals surface area contributed by atoms with Gasteiger partial charge in [-0.2, -0.15) is 9.49 Å². The van der Waals surface area contributed by atoms with Crippen molar-refractivity contribution in [2.24, 2.45) is 4.99 Å². The zero-order valence-electron chi connectivity index (χ0n) is 21.9. The highest BCUT2D eigenvalue weighted by Crippen LogP contribution is 2.30. The van der Waals surface area contributed by atoms with Crippen molar-refractivity contribution in [1.82, 2.24) is 20.1 Å². The number of halogens is 1. The molecule has 0 radical (unpaired) electrons. The standard InChI is InChI=1S/C30H26FN7O3/c31-27-21(12-13-24(34-27)32-18-10-11-18)26-22(14-38(37-26)19-15-41-16-19)29(39)36-28-30(40)33-23-9-5-4-8-20(23)25(35-28)17-6-2-1-3-7-17/h1-9,12-14,18-19,28H,10-11,15-16H2,(H,32,34)(H,33,40)(H,36,39)/t28-/m1/s1. The third-order valence-corrected chi connectivity index (χ3v) is 7.27. The number of hydrogen-bond acceptors (Lipinski definition) is 7. The number of para-hydroxylation sites is 1. The van der Waals surface area contributed by atoms with Crippen LogP contribution in [-0.4, -0.2) is 57.7 Å². The number of aliphatic imine (C=N–C) groups is 1. The van der Waals surface area contributed by atoms with Crippen LogP contribution in [0.5, 0.6) is 0 Å². The molecule has 3 aliphatic rings. The summed E-state index contributed by atoms with van der Waals surface area (Å²) >= 11 is 0. The first-order valence-corrected chi connectivity index (χ1v) is 13.5. The number of fused-ring (bicyclic) bond motifs is 1. The summed E-state index contributed by atoms with van der Waals surface area (Å²) in [6, 6.07) is 20.2. The zero-order valence-corrected chi connectivity index (χ0v) is 21.9. The largest absolute Gasteiger partial charge is 0.377 e. The van der Waals surface area contributed by atoms with E-state index in [0.717, 1.165) is 24.0 Å². The van der Waals surface area contributed by atoms with E-state index in [4.69, 9.17) is 9.73 Å². The molecule has 1 aliphatic carbocycles. The van der Waals surface area contributed by atoms with E-state index in [1.54, 1.807) is 29.1 Å². The number of rotatable bonds is 7. The van der Waals surface area contributed by atoms with E-state index in [-0.39, 0.29) is 22.9 Å². The molecule has 0 bridgehead atoms. The van der Waals surface area contributed by atoms with Crippen LogP contribution in [0.4, 0.5) is 15.9 Å². The Balaban J connectivity index is 1.24. The first kappa shape index (κ1) is 25.1. The predicted octanol–water partition coefficient (Wildman–Crippen LogP) is 3.78. The van der Waals surface area contributed by atoms with Crippen LogP contribution in [0, 0.1) is 5.95 Å². The molecular weight excluding hydrogens is 525 g/mol. The molecule has 7 rings (SSSR count). The minimum atomic E-state index is -1.25. The van der Waals surface area contributed by atoms with Gasteiger partial charge in [0.25, 0.3) is 11.8 Å². The predicted molar refractivity (Wildman–Crippen MR) is 150 cm³/mol. The molecule has 206 valence electrons. The van der Waals surface area contributed by atoms with Crippen molar-refractivity contribution in [3.63, 3.8) is 0 Å². The maximum Gasteiger partial charge on any atom is 0.269 e. The summed E-state index contributed by atoms with van der Waals surface area (Å²) in [7, 11) is 0. The summed E-state index contributed by atoms with van der Waals surface area (Å²) in [5.74, 6) is -1.43. The number of anilines is 2. The molecule has 0 unspecified atom stereocenters. The van der Waals surface area contributed by atoms with Gasteiger partial charge in [0.15, 0.2) is 0 Å². The fraction of sp³-hybridized carbons (Fsp3) is 0.233. The van der Waals surface area contributed by atoms with Crippen molar-refractivity contribution in [2.45, 2.75) is 31.1 Å². The number of pyridine rings is 1. The maximum absolute atomic E-state index is 15.3. The lowest BCUT2D eigenvalue weighted by Gasteiger charge is -2.25. The van der Waals surface area contributed by atoms with Gasteiger partial charge in [-0.1, -0.05) is 48.5 Å². The van der Waals surface area contributed by atoms with E-state index in [1.165, 1.54) is 0 Å². The molecular formula is C30H26FN7O3. The molecule has 1 atom stereocenters. The second kappa shape index (κ2) is 10.3. The highest BCUT2D eigenvalue weighted by atomic mass is 19.1. The average molecular weight is 552 g/mol. The van der Waals surface area contributed by atoms with Crippen molar-refractivity contribution >= 4 is 29.0 Å².